The molecule has 4 rings (SSSR count). The minimum Gasteiger partial charge on any atom is -0.459 e. The Morgan fingerprint density at radius 1 is 1.10 bits per heavy atom. The highest BCUT2D eigenvalue weighted by molar-refractivity contribution is 7.89. The maximum Gasteiger partial charge on any atom is 0.224 e. The Bertz CT molecular complexity index is 1080. The molecule has 30 heavy (non-hydrogen) atoms. The molecule has 0 spiro atoms. The summed E-state index contributed by atoms with van der Waals surface area (Å²) in [5.41, 5.74) is 1.72. The lowest BCUT2D eigenvalue weighted by atomic mass is 9.95. The van der Waals surface area contributed by atoms with Crippen LogP contribution in [-0.2, 0) is 14.8 Å². The van der Waals surface area contributed by atoms with E-state index in [0.29, 0.717) is 31.7 Å². The van der Waals surface area contributed by atoms with E-state index in [0.717, 1.165) is 16.5 Å². The van der Waals surface area contributed by atoms with Crippen molar-refractivity contribution in [3.05, 3.63) is 72.0 Å². The Kier molecular flexibility index (Phi) is 5.92. The molecule has 1 aliphatic heterocycles. The van der Waals surface area contributed by atoms with E-state index in [1.807, 2.05) is 60.7 Å². The monoisotopic (exact) mass is 426 g/mol. The smallest absolute Gasteiger partial charge is 0.224 e. The Hall–Kier alpha value is -2.64. The van der Waals surface area contributed by atoms with E-state index < -0.39 is 16.1 Å². The predicted molar refractivity (Wildman–Crippen MR) is 116 cm³/mol. The quantitative estimate of drug-likeness (QED) is 0.652. The van der Waals surface area contributed by atoms with Gasteiger partial charge < -0.3 is 9.73 Å². The third-order valence-corrected chi connectivity index (χ3v) is 7.61. The molecular weight excluding hydrogens is 400 g/mol. The molecule has 0 radical (unpaired) electrons. The zero-order valence-electron chi connectivity index (χ0n) is 17.0. The van der Waals surface area contributed by atoms with Gasteiger partial charge in [0.05, 0.1) is 5.75 Å². The molecule has 1 aromatic heterocycles. The van der Waals surface area contributed by atoms with Gasteiger partial charge in [0.1, 0.15) is 17.4 Å². The second-order valence-corrected chi connectivity index (χ2v) is 9.87. The van der Waals surface area contributed by atoms with Gasteiger partial charge in [-0.25, -0.2) is 12.7 Å². The van der Waals surface area contributed by atoms with Gasteiger partial charge >= 0.3 is 0 Å². The number of amides is 1. The summed E-state index contributed by atoms with van der Waals surface area (Å²) in [5.74, 6) is 0.481. The fraction of sp³-hybridized carbons (Fsp3) is 0.348. The SMILES string of the molecule is CCS(=O)(=O)N1CCC(C(=O)NC(c2ccccc2)c2cc3ccccc3o2)CC1. The molecule has 7 heteroatoms. The second kappa shape index (κ2) is 8.62. The van der Waals surface area contributed by atoms with E-state index in [-0.39, 0.29) is 17.6 Å². The number of sulfonamides is 1. The summed E-state index contributed by atoms with van der Waals surface area (Å²) in [4.78, 5) is 13.1. The van der Waals surface area contributed by atoms with Crippen LogP contribution in [0.4, 0.5) is 0 Å². The zero-order valence-corrected chi connectivity index (χ0v) is 17.8. The summed E-state index contributed by atoms with van der Waals surface area (Å²) >= 11 is 0. The van der Waals surface area contributed by atoms with E-state index in [1.165, 1.54) is 4.31 Å². The predicted octanol–water partition coefficient (Wildman–Crippen LogP) is 3.70. The fourth-order valence-electron chi connectivity index (χ4n) is 3.95. The van der Waals surface area contributed by atoms with Gasteiger partial charge in [-0.2, -0.15) is 0 Å². The van der Waals surface area contributed by atoms with E-state index >= 15 is 0 Å². The molecular formula is C23H26N2O4S. The normalized spacial score (nSPS) is 17.1. The summed E-state index contributed by atoms with van der Waals surface area (Å²) in [7, 11) is -3.21. The maximum absolute atomic E-state index is 13.1. The van der Waals surface area contributed by atoms with Crippen molar-refractivity contribution in [1.29, 1.82) is 0 Å². The Morgan fingerprint density at radius 3 is 2.43 bits per heavy atom. The summed E-state index contributed by atoms with van der Waals surface area (Å²) in [5, 5.41) is 4.13. The Morgan fingerprint density at radius 2 is 1.77 bits per heavy atom. The highest BCUT2D eigenvalue weighted by atomic mass is 32.2. The van der Waals surface area contributed by atoms with E-state index in [2.05, 4.69) is 5.32 Å². The van der Waals surface area contributed by atoms with Crippen molar-refractivity contribution in [1.82, 2.24) is 9.62 Å². The third-order valence-electron chi connectivity index (χ3n) is 5.73. The standard InChI is InChI=1S/C23H26N2O4S/c1-2-30(27,28)25-14-12-18(13-15-25)23(26)24-22(17-8-4-3-5-9-17)21-16-19-10-6-7-11-20(19)29-21/h3-11,16,18,22H,2,12-15H2,1H3,(H,24,26). The molecule has 3 aromatic rings. The van der Waals surface area contributed by atoms with Crippen molar-refractivity contribution >= 4 is 26.9 Å². The van der Waals surface area contributed by atoms with Crippen molar-refractivity contribution in [2.75, 3.05) is 18.8 Å². The number of para-hydroxylation sites is 1. The van der Waals surface area contributed by atoms with Gasteiger partial charge in [0.25, 0.3) is 0 Å². The van der Waals surface area contributed by atoms with Crippen LogP contribution in [0, 0.1) is 5.92 Å². The zero-order chi connectivity index (χ0) is 21.1. The Balaban J connectivity index is 1.53. The molecule has 0 aliphatic carbocycles. The van der Waals surface area contributed by atoms with Gasteiger partial charge in [0, 0.05) is 24.4 Å². The second-order valence-electron chi connectivity index (χ2n) is 7.61. The number of hydrogen-bond acceptors (Lipinski definition) is 4. The molecule has 1 amide bonds. The molecule has 1 fully saturated rings. The van der Waals surface area contributed by atoms with Crippen molar-refractivity contribution in [3.8, 4) is 0 Å². The van der Waals surface area contributed by atoms with E-state index in [4.69, 9.17) is 4.42 Å². The topological polar surface area (TPSA) is 79.6 Å². The molecule has 1 atom stereocenters. The first-order chi connectivity index (χ1) is 14.5. The highest BCUT2D eigenvalue weighted by Gasteiger charge is 2.32. The van der Waals surface area contributed by atoms with Crippen LogP contribution in [0.5, 0.6) is 0 Å². The van der Waals surface area contributed by atoms with Crippen LogP contribution < -0.4 is 5.32 Å². The summed E-state index contributed by atoms with van der Waals surface area (Å²) in [6.45, 7) is 2.41. The lowest BCUT2D eigenvalue weighted by Gasteiger charge is -2.31. The van der Waals surface area contributed by atoms with Crippen molar-refractivity contribution in [2.24, 2.45) is 5.92 Å². The van der Waals surface area contributed by atoms with Crippen LogP contribution in [0.15, 0.2) is 65.1 Å². The number of benzene rings is 2. The number of nitrogens with zero attached hydrogens (tertiary/aromatic N) is 1. The number of carbonyl (C=O) groups is 1. The van der Waals surface area contributed by atoms with Gasteiger partial charge in [-0.05, 0) is 37.5 Å². The van der Waals surface area contributed by atoms with Crippen LogP contribution in [-0.4, -0.2) is 37.5 Å². The number of carbonyl (C=O) groups excluding carboxylic acids is 1. The van der Waals surface area contributed by atoms with Crippen molar-refractivity contribution < 1.29 is 17.6 Å². The third kappa shape index (κ3) is 4.27. The van der Waals surface area contributed by atoms with Crippen LogP contribution in [0.2, 0.25) is 0 Å². The summed E-state index contributed by atoms with van der Waals surface area (Å²) < 4.78 is 31.7. The van der Waals surface area contributed by atoms with Gasteiger partial charge in [-0.3, -0.25) is 4.79 Å². The van der Waals surface area contributed by atoms with Crippen molar-refractivity contribution in [3.63, 3.8) is 0 Å². The van der Waals surface area contributed by atoms with Crippen LogP contribution in [0.3, 0.4) is 0 Å². The van der Waals surface area contributed by atoms with Crippen molar-refractivity contribution in [2.45, 2.75) is 25.8 Å². The molecule has 1 unspecified atom stereocenters. The molecule has 0 saturated carbocycles. The van der Waals surface area contributed by atoms with Gasteiger partial charge in [0.2, 0.25) is 15.9 Å². The minimum absolute atomic E-state index is 0.0714. The van der Waals surface area contributed by atoms with Gasteiger partial charge in [-0.1, -0.05) is 48.5 Å². The Labute approximate surface area is 176 Å². The maximum atomic E-state index is 13.1. The average Bonchev–Trinajstić information content (AvgIpc) is 3.22. The first kappa shape index (κ1) is 20.6. The fourth-order valence-corrected chi connectivity index (χ4v) is 5.08. The first-order valence-corrected chi connectivity index (χ1v) is 11.9. The number of fused-ring (bicyclic) bond motifs is 1. The molecule has 0 bridgehead atoms. The summed E-state index contributed by atoms with van der Waals surface area (Å²) in [6, 6.07) is 19.1. The molecule has 2 aromatic carbocycles. The van der Waals surface area contributed by atoms with E-state index in [1.54, 1.807) is 6.92 Å². The molecule has 158 valence electrons. The molecule has 1 saturated heterocycles. The summed E-state index contributed by atoms with van der Waals surface area (Å²) in [6.07, 6.45) is 1.04. The highest BCUT2D eigenvalue weighted by Crippen LogP contribution is 2.29. The van der Waals surface area contributed by atoms with E-state index in [9.17, 15) is 13.2 Å². The lowest BCUT2D eigenvalue weighted by molar-refractivity contribution is -0.126. The number of furan rings is 1. The van der Waals surface area contributed by atoms with Crippen LogP contribution >= 0.6 is 0 Å². The molecule has 1 N–H and O–H groups in total. The first-order valence-electron chi connectivity index (χ1n) is 10.3. The lowest BCUT2D eigenvalue weighted by Crippen LogP contribution is -2.44. The largest absolute Gasteiger partial charge is 0.459 e. The van der Waals surface area contributed by atoms with Gasteiger partial charge in [-0.15, -0.1) is 0 Å². The molecule has 1 aliphatic rings. The molecule has 2 heterocycles. The van der Waals surface area contributed by atoms with Crippen LogP contribution in [0.1, 0.15) is 37.1 Å². The van der Waals surface area contributed by atoms with Crippen LogP contribution in [0.25, 0.3) is 11.0 Å². The number of nitrogens with one attached hydrogen (secondary N) is 1. The number of rotatable bonds is 6. The van der Waals surface area contributed by atoms with Gasteiger partial charge in [0.15, 0.2) is 0 Å². The average molecular weight is 427 g/mol. The number of hydrogen-bond donors (Lipinski definition) is 1. The minimum atomic E-state index is -3.21. The molecule has 6 nitrogen and oxygen atoms in total. The number of piperidine rings is 1.